The molecule has 1 fully saturated rings. The highest BCUT2D eigenvalue weighted by atomic mass is 16.5. The predicted octanol–water partition coefficient (Wildman–Crippen LogP) is 2.13. The minimum Gasteiger partial charge on any atom is -0.391 e. The van der Waals surface area contributed by atoms with Gasteiger partial charge < -0.3 is 20.1 Å². The normalized spacial score (nSPS) is 22.5. The maximum atomic E-state index is 10.6. The molecule has 4 rings (SSSR count). The van der Waals surface area contributed by atoms with Crippen molar-refractivity contribution in [2.45, 2.75) is 44.9 Å². The number of hydrogen-bond acceptors (Lipinski definition) is 5. The van der Waals surface area contributed by atoms with Crippen LogP contribution in [0.15, 0.2) is 24.3 Å². The lowest BCUT2D eigenvalue weighted by Gasteiger charge is -2.30. The van der Waals surface area contributed by atoms with Gasteiger partial charge in [0.25, 0.3) is 0 Å². The zero-order chi connectivity index (χ0) is 19.0. The van der Waals surface area contributed by atoms with Crippen LogP contribution in [0.1, 0.15) is 48.2 Å². The van der Waals surface area contributed by atoms with Gasteiger partial charge in [0, 0.05) is 38.7 Å². The van der Waals surface area contributed by atoms with Crippen molar-refractivity contribution in [1.29, 1.82) is 0 Å². The van der Waals surface area contributed by atoms with Gasteiger partial charge in [-0.1, -0.05) is 38.1 Å². The van der Waals surface area contributed by atoms with Crippen molar-refractivity contribution < 1.29 is 9.84 Å². The number of ether oxygens (including phenoxy) is 1. The number of nitrogens with one attached hydrogen (secondary N) is 1. The van der Waals surface area contributed by atoms with E-state index in [0.717, 1.165) is 32.0 Å². The maximum absolute atomic E-state index is 10.6. The second-order valence-corrected chi connectivity index (χ2v) is 7.89. The monoisotopic (exact) mass is 370 g/mol. The average molecular weight is 370 g/mol. The predicted molar refractivity (Wildman–Crippen MR) is 106 cm³/mol. The lowest BCUT2D eigenvalue weighted by atomic mass is 10.0. The Morgan fingerprint density at radius 1 is 1.26 bits per heavy atom. The number of aliphatic hydroxyl groups is 1. The maximum Gasteiger partial charge on any atom is 0.131 e. The number of morpholine rings is 1. The molecule has 0 saturated carbocycles. The third-order valence-corrected chi connectivity index (χ3v) is 5.70. The van der Waals surface area contributed by atoms with Crippen LogP contribution in [0.3, 0.4) is 0 Å². The van der Waals surface area contributed by atoms with Gasteiger partial charge in [-0.05, 0) is 17.0 Å². The molecule has 2 heterocycles. The van der Waals surface area contributed by atoms with E-state index >= 15 is 0 Å². The standard InChI is InChI=1S/C21H30N4O2/c1-14(2)19-17(21(24(3)23-19)25-8-10-27-11-9-25)13-22-20-16-7-5-4-6-15(16)12-18(20)26/h4-7,14,18,20,22,26H,8-13H2,1-3H3/t18-,20+/m0/s1. The minimum absolute atomic E-state index is 0.0287. The van der Waals surface area contributed by atoms with Crippen LogP contribution in [0.5, 0.6) is 0 Å². The number of hydrogen-bond donors (Lipinski definition) is 2. The number of benzene rings is 1. The van der Waals surface area contributed by atoms with Crippen LogP contribution in [0.4, 0.5) is 5.82 Å². The molecule has 2 aromatic rings. The molecule has 2 N–H and O–H groups in total. The first-order valence-electron chi connectivity index (χ1n) is 9.94. The number of aryl methyl sites for hydroxylation is 1. The molecule has 1 aromatic heterocycles. The fraction of sp³-hybridized carbons (Fsp3) is 0.571. The molecule has 0 bridgehead atoms. The molecule has 0 spiro atoms. The van der Waals surface area contributed by atoms with E-state index in [9.17, 15) is 5.11 Å². The van der Waals surface area contributed by atoms with Crippen LogP contribution >= 0.6 is 0 Å². The fourth-order valence-electron chi connectivity index (χ4n) is 4.42. The van der Waals surface area contributed by atoms with E-state index in [-0.39, 0.29) is 12.1 Å². The summed E-state index contributed by atoms with van der Waals surface area (Å²) in [7, 11) is 2.03. The van der Waals surface area contributed by atoms with Gasteiger partial charge in [-0.2, -0.15) is 5.10 Å². The third kappa shape index (κ3) is 3.49. The lowest BCUT2D eigenvalue weighted by molar-refractivity contribution is 0.122. The molecule has 1 aliphatic carbocycles. The van der Waals surface area contributed by atoms with Crippen molar-refractivity contribution in [2.75, 3.05) is 31.2 Å². The van der Waals surface area contributed by atoms with E-state index in [2.05, 4.69) is 36.2 Å². The molecule has 1 aliphatic heterocycles. The molecule has 6 heteroatoms. The first kappa shape index (κ1) is 18.5. The smallest absolute Gasteiger partial charge is 0.131 e. The number of aliphatic hydroxyl groups excluding tert-OH is 1. The summed E-state index contributed by atoms with van der Waals surface area (Å²) < 4.78 is 7.54. The largest absolute Gasteiger partial charge is 0.391 e. The Morgan fingerprint density at radius 2 is 2.00 bits per heavy atom. The first-order chi connectivity index (χ1) is 13.1. The molecule has 0 radical (unpaired) electrons. The van der Waals surface area contributed by atoms with Crippen molar-refractivity contribution in [2.24, 2.45) is 7.05 Å². The number of rotatable bonds is 5. The van der Waals surface area contributed by atoms with E-state index in [1.165, 1.54) is 22.5 Å². The molecular weight excluding hydrogens is 340 g/mol. The molecular formula is C21H30N4O2. The Kier molecular flexibility index (Phi) is 5.21. The summed E-state index contributed by atoms with van der Waals surface area (Å²) in [4.78, 5) is 2.37. The summed E-state index contributed by atoms with van der Waals surface area (Å²) in [5, 5.41) is 19.0. The number of aromatic nitrogens is 2. The summed E-state index contributed by atoms with van der Waals surface area (Å²) in [6.45, 7) is 8.36. The summed E-state index contributed by atoms with van der Waals surface area (Å²) in [6.07, 6.45) is 0.335. The number of anilines is 1. The van der Waals surface area contributed by atoms with Crippen LogP contribution < -0.4 is 10.2 Å². The van der Waals surface area contributed by atoms with E-state index in [0.29, 0.717) is 18.9 Å². The SMILES string of the molecule is CC(C)c1nn(C)c(N2CCOCC2)c1CN[C@@H]1c2ccccc2C[C@@H]1O. The lowest BCUT2D eigenvalue weighted by Crippen LogP contribution is -2.38. The van der Waals surface area contributed by atoms with Gasteiger partial charge in [-0.25, -0.2) is 0 Å². The van der Waals surface area contributed by atoms with Gasteiger partial charge in [0.15, 0.2) is 0 Å². The summed E-state index contributed by atoms with van der Waals surface area (Å²) in [5.74, 6) is 1.53. The van der Waals surface area contributed by atoms with E-state index in [1.807, 2.05) is 23.9 Å². The third-order valence-electron chi connectivity index (χ3n) is 5.70. The fourth-order valence-corrected chi connectivity index (χ4v) is 4.42. The van der Waals surface area contributed by atoms with Gasteiger partial charge in [0.05, 0.1) is 31.1 Å². The van der Waals surface area contributed by atoms with Gasteiger partial charge in [0.2, 0.25) is 0 Å². The Morgan fingerprint density at radius 3 is 2.74 bits per heavy atom. The van der Waals surface area contributed by atoms with Crippen LogP contribution in [0, 0.1) is 0 Å². The second-order valence-electron chi connectivity index (χ2n) is 7.89. The molecule has 6 nitrogen and oxygen atoms in total. The molecule has 146 valence electrons. The number of fused-ring (bicyclic) bond motifs is 1. The minimum atomic E-state index is -0.381. The van der Waals surface area contributed by atoms with Crippen molar-refractivity contribution >= 4 is 5.82 Å². The van der Waals surface area contributed by atoms with Gasteiger partial charge in [0.1, 0.15) is 5.82 Å². The van der Waals surface area contributed by atoms with Crippen molar-refractivity contribution in [3.63, 3.8) is 0 Å². The van der Waals surface area contributed by atoms with Crippen molar-refractivity contribution in [3.8, 4) is 0 Å². The first-order valence-corrected chi connectivity index (χ1v) is 9.94. The molecule has 2 atom stereocenters. The molecule has 2 aliphatic rings. The molecule has 27 heavy (non-hydrogen) atoms. The Labute approximate surface area is 161 Å². The Balaban J connectivity index is 1.61. The highest BCUT2D eigenvalue weighted by Crippen LogP contribution is 2.33. The summed E-state index contributed by atoms with van der Waals surface area (Å²) in [6, 6.07) is 8.30. The molecule has 0 amide bonds. The summed E-state index contributed by atoms with van der Waals surface area (Å²) >= 11 is 0. The van der Waals surface area contributed by atoms with E-state index in [1.54, 1.807) is 0 Å². The zero-order valence-corrected chi connectivity index (χ0v) is 16.5. The van der Waals surface area contributed by atoms with Crippen molar-refractivity contribution in [3.05, 3.63) is 46.6 Å². The highest BCUT2D eigenvalue weighted by Gasteiger charge is 2.31. The van der Waals surface area contributed by atoms with Crippen LogP contribution in [0.25, 0.3) is 0 Å². The van der Waals surface area contributed by atoms with E-state index in [4.69, 9.17) is 9.84 Å². The number of nitrogens with zero attached hydrogens (tertiary/aromatic N) is 3. The highest BCUT2D eigenvalue weighted by molar-refractivity contribution is 5.52. The summed E-state index contributed by atoms with van der Waals surface area (Å²) in [5.41, 5.74) is 4.83. The van der Waals surface area contributed by atoms with Crippen LogP contribution in [0.2, 0.25) is 0 Å². The quantitative estimate of drug-likeness (QED) is 0.844. The molecule has 1 aromatic carbocycles. The van der Waals surface area contributed by atoms with Gasteiger partial charge in [-0.3, -0.25) is 4.68 Å². The van der Waals surface area contributed by atoms with Gasteiger partial charge >= 0.3 is 0 Å². The molecule has 1 saturated heterocycles. The van der Waals surface area contributed by atoms with E-state index < -0.39 is 0 Å². The van der Waals surface area contributed by atoms with Crippen LogP contribution in [-0.4, -0.2) is 47.3 Å². The van der Waals surface area contributed by atoms with Crippen LogP contribution in [-0.2, 0) is 24.8 Å². The zero-order valence-electron chi connectivity index (χ0n) is 16.5. The van der Waals surface area contributed by atoms with Gasteiger partial charge in [-0.15, -0.1) is 0 Å². The Bertz CT molecular complexity index is 795. The molecule has 0 unspecified atom stereocenters. The second kappa shape index (κ2) is 7.62. The average Bonchev–Trinajstić information content (AvgIpc) is 3.16. The Hall–Kier alpha value is -1.89. The van der Waals surface area contributed by atoms with Crippen molar-refractivity contribution in [1.82, 2.24) is 15.1 Å². The topological polar surface area (TPSA) is 62.5 Å².